The minimum atomic E-state index is -4.93. The van der Waals surface area contributed by atoms with Crippen LogP contribution in [-0.4, -0.2) is 43.9 Å². The fourth-order valence-electron chi connectivity index (χ4n) is 5.24. The quantitative estimate of drug-likeness (QED) is 0.391. The first-order valence-corrected chi connectivity index (χ1v) is 11.9. The molecule has 1 aliphatic carbocycles. The third-order valence-corrected chi connectivity index (χ3v) is 7.04. The first-order valence-electron chi connectivity index (χ1n) is 11.9. The third-order valence-electron chi connectivity index (χ3n) is 7.04. The van der Waals surface area contributed by atoms with Crippen LogP contribution in [0.25, 0.3) is 0 Å². The molecule has 0 bridgehead atoms. The summed E-state index contributed by atoms with van der Waals surface area (Å²) in [7, 11) is 0. The van der Waals surface area contributed by atoms with Crippen LogP contribution in [0.5, 0.6) is 0 Å². The number of alkyl halides is 6. The molecule has 1 aliphatic heterocycles. The summed E-state index contributed by atoms with van der Waals surface area (Å²) < 4.78 is 105. The highest BCUT2D eigenvalue weighted by atomic mass is 19.4. The van der Waals surface area contributed by atoms with Crippen LogP contribution < -0.4 is 0 Å². The minimum Gasteiger partial charge on any atom is -0.379 e. The summed E-state index contributed by atoms with van der Waals surface area (Å²) in [5.41, 5.74) is -2.08. The Hall–Kier alpha value is -2.17. The van der Waals surface area contributed by atoms with Crippen LogP contribution in [0.15, 0.2) is 42.5 Å². The van der Waals surface area contributed by atoms with Gasteiger partial charge in [0.15, 0.2) is 0 Å². The number of rotatable bonds is 6. The largest absolute Gasteiger partial charge is 0.416 e. The molecule has 0 aromatic heterocycles. The zero-order valence-corrected chi connectivity index (χ0v) is 19.7. The maximum Gasteiger partial charge on any atom is 0.416 e. The summed E-state index contributed by atoms with van der Waals surface area (Å²) in [5, 5.41) is 0. The first-order chi connectivity index (χ1) is 16.9. The Balaban J connectivity index is 1.59. The molecule has 2 aromatic rings. The number of ether oxygens (including phenoxy) is 2. The molecule has 36 heavy (non-hydrogen) atoms. The van der Waals surface area contributed by atoms with E-state index in [-0.39, 0.29) is 23.5 Å². The highest BCUT2D eigenvalue weighted by Crippen LogP contribution is 2.45. The van der Waals surface area contributed by atoms with Crippen molar-refractivity contribution in [1.29, 1.82) is 0 Å². The Morgan fingerprint density at radius 1 is 0.917 bits per heavy atom. The maximum absolute atomic E-state index is 13.6. The zero-order chi connectivity index (χ0) is 26.1. The van der Waals surface area contributed by atoms with Crippen molar-refractivity contribution in [2.45, 2.75) is 50.2 Å². The van der Waals surface area contributed by atoms with Crippen molar-refractivity contribution in [3.05, 3.63) is 70.5 Å². The average Bonchev–Trinajstić information content (AvgIpc) is 3.20. The number of halogens is 7. The smallest absolute Gasteiger partial charge is 0.379 e. The van der Waals surface area contributed by atoms with E-state index >= 15 is 0 Å². The lowest BCUT2D eigenvalue weighted by Crippen LogP contribution is -2.40. The second-order valence-corrected chi connectivity index (χ2v) is 9.48. The van der Waals surface area contributed by atoms with Gasteiger partial charge in [-0.1, -0.05) is 12.1 Å². The number of morpholine rings is 1. The summed E-state index contributed by atoms with van der Waals surface area (Å²) in [5.74, 6) is -0.433. The second kappa shape index (κ2) is 10.7. The van der Waals surface area contributed by atoms with Gasteiger partial charge in [-0.25, -0.2) is 4.39 Å². The Kier molecular flexibility index (Phi) is 7.97. The Bertz CT molecular complexity index is 984. The average molecular weight is 520 g/mol. The van der Waals surface area contributed by atoms with Gasteiger partial charge in [-0.3, -0.25) is 4.90 Å². The number of benzene rings is 2. The van der Waals surface area contributed by atoms with Crippen molar-refractivity contribution in [2.75, 3.05) is 32.8 Å². The zero-order valence-electron chi connectivity index (χ0n) is 19.7. The molecule has 0 unspecified atom stereocenters. The third kappa shape index (κ3) is 6.39. The topological polar surface area (TPSA) is 21.7 Å². The van der Waals surface area contributed by atoms with Crippen LogP contribution in [-0.2, 0) is 21.8 Å². The van der Waals surface area contributed by atoms with Crippen LogP contribution in [0.3, 0.4) is 0 Å². The summed E-state index contributed by atoms with van der Waals surface area (Å²) in [6, 6.07) is 7.59. The Morgan fingerprint density at radius 2 is 1.50 bits per heavy atom. The molecule has 0 spiro atoms. The van der Waals surface area contributed by atoms with Gasteiger partial charge in [0.1, 0.15) is 5.82 Å². The van der Waals surface area contributed by atoms with Crippen molar-refractivity contribution in [3.63, 3.8) is 0 Å². The molecule has 10 heteroatoms. The van der Waals surface area contributed by atoms with Crippen LogP contribution >= 0.6 is 0 Å². The summed E-state index contributed by atoms with van der Waals surface area (Å²) in [4.78, 5) is 2.28. The molecule has 198 valence electrons. The van der Waals surface area contributed by atoms with Crippen molar-refractivity contribution >= 4 is 0 Å². The molecule has 1 heterocycles. The maximum atomic E-state index is 13.6. The van der Waals surface area contributed by atoms with E-state index in [4.69, 9.17) is 9.47 Å². The monoisotopic (exact) mass is 519 g/mol. The lowest BCUT2D eigenvalue weighted by Gasteiger charge is -2.33. The van der Waals surface area contributed by atoms with Gasteiger partial charge < -0.3 is 9.47 Å². The van der Waals surface area contributed by atoms with E-state index in [1.54, 1.807) is 12.1 Å². The molecule has 2 fully saturated rings. The Labute approximate surface area is 205 Å². The highest BCUT2D eigenvalue weighted by molar-refractivity contribution is 5.35. The molecule has 1 saturated heterocycles. The van der Waals surface area contributed by atoms with Crippen molar-refractivity contribution < 1.29 is 40.2 Å². The first kappa shape index (κ1) is 26.9. The predicted octanol–water partition coefficient (Wildman–Crippen LogP) is 6.84. The molecule has 2 aromatic carbocycles. The summed E-state index contributed by atoms with van der Waals surface area (Å²) >= 11 is 0. The molecule has 0 N–H and O–H groups in total. The van der Waals surface area contributed by atoms with E-state index in [0.717, 1.165) is 31.6 Å². The molecule has 4 rings (SSSR count). The van der Waals surface area contributed by atoms with E-state index in [1.165, 1.54) is 19.1 Å². The molecular formula is C26H28F7NO2. The van der Waals surface area contributed by atoms with Crippen LogP contribution in [0.1, 0.15) is 54.0 Å². The van der Waals surface area contributed by atoms with Crippen LogP contribution in [0, 0.1) is 11.7 Å². The van der Waals surface area contributed by atoms with Gasteiger partial charge in [-0.2, -0.15) is 26.3 Å². The standard InChI is InChI=1S/C26H28F7NO2/c1-16(19-12-20(25(28,29)30)14-21(13-19)26(31,32)33)36-23-7-4-18(15-34-8-10-35-11-9-34)24(23)17-2-5-22(27)6-3-17/h2-3,5-6,12-14,16,18,23-24H,4,7-11,15H2,1H3/t16-,18-,23+,24-/m1/s1. The van der Waals surface area contributed by atoms with Crippen molar-refractivity contribution in [2.24, 2.45) is 5.92 Å². The van der Waals surface area contributed by atoms with Gasteiger partial charge in [-0.15, -0.1) is 0 Å². The van der Waals surface area contributed by atoms with Crippen LogP contribution in [0.2, 0.25) is 0 Å². The van der Waals surface area contributed by atoms with E-state index in [1.807, 2.05) is 0 Å². The SMILES string of the molecule is C[C@@H](O[C@H]1CC[C@H](CN2CCOCC2)[C@H]1c1ccc(F)cc1)c1cc(C(F)(F)F)cc(C(F)(F)F)c1. The van der Waals surface area contributed by atoms with Crippen molar-refractivity contribution in [3.8, 4) is 0 Å². The van der Waals surface area contributed by atoms with E-state index in [2.05, 4.69) is 4.90 Å². The summed E-state index contributed by atoms with van der Waals surface area (Å²) in [6.07, 6.45) is -9.95. The molecule has 0 amide bonds. The van der Waals surface area contributed by atoms with E-state index in [9.17, 15) is 30.7 Å². The molecule has 3 nitrogen and oxygen atoms in total. The van der Waals surface area contributed by atoms with Gasteiger partial charge in [0.25, 0.3) is 0 Å². The van der Waals surface area contributed by atoms with Crippen molar-refractivity contribution in [1.82, 2.24) is 4.90 Å². The molecular weight excluding hydrogens is 491 g/mol. The van der Waals surface area contributed by atoms with Gasteiger partial charge in [0, 0.05) is 25.6 Å². The number of hydrogen-bond donors (Lipinski definition) is 0. The van der Waals surface area contributed by atoms with Gasteiger partial charge in [-0.05, 0) is 67.1 Å². The molecule has 4 atom stereocenters. The van der Waals surface area contributed by atoms with E-state index < -0.39 is 41.5 Å². The molecule has 1 saturated carbocycles. The normalized spacial score (nSPS) is 24.7. The lowest BCUT2D eigenvalue weighted by molar-refractivity contribution is -0.143. The van der Waals surface area contributed by atoms with Gasteiger partial charge in [0.2, 0.25) is 0 Å². The van der Waals surface area contributed by atoms with Gasteiger partial charge in [0.05, 0.1) is 36.5 Å². The van der Waals surface area contributed by atoms with Crippen LogP contribution in [0.4, 0.5) is 30.7 Å². The Morgan fingerprint density at radius 3 is 2.06 bits per heavy atom. The number of nitrogens with zero attached hydrogens (tertiary/aromatic N) is 1. The summed E-state index contributed by atoms with van der Waals surface area (Å²) in [6.45, 7) is 5.02. The van der Waals surface area contributed by atoms with E-state index in [0.29, 0.717) is 31.8 Å². The molecule has 2 aliphatic rings. The fourth-order valence-corrected chi connectivity index (χ4v) is 5.24. The fraction of sp³-hybridized carbons (Fsp3) is 0.538. The minimum absolute atomic E-state index is 0.117. The number of hydrogen-bond acceptors (Lipinski definition) is 3. The second-order valence-electron chi connectivity index (χ2n) is 9.48. The molecule has 0 radical (unpaired) electrons. The predicted molar refractivity (Wildman–Crippen MR) is 119 cm³/mol. The lowest BCUT2D eigenvalue weighted by atomic mass is 9.87. The van der Waals surface area contributed by atoms with Gasteiger partial charge >= 0.3 is 12.4 Å². The highest BCUT2D eigenvalue weighted by Gasteiger charge is 2.41.